The molecular formula is C16H16N2OS. The third-order valence-electron chi connectivity index (χ3n) is 4.08. The van der Waals surface area contributed by atoms with Crippen LogP contribution < -0.4 is 10.6 Å². The lowest BCUT2D eigenvalue weighted by Crippen LogP contribution is -2.38. The molecule has 2 aromatic rings. The van der Waals surface area contributed by atoms with Crippen LogP contribution in [-0.4, -0.2) is 5.91 Å². The van der Waals surface area contributed by atoms with Gasteiger partial charge in [0.05, 0.1) is 5.56 Å². The second-order valence-electron chi connectivity index (χ2n) is 5.38. The first kappa shape index (κ1) is 12.0. The lowest BCUT2D eigenvalue weighted by atomic mass is 9.94. The summed E-state index contributed by atoms with van der Waals surface area (Å²) in [5, 5.41) is 7.62. The van der Waals surface area contributed by atoms with Crippen molar-refractivity contribution >= 4 is 22.2 Å². The predicted molar refractivity (Wildman–Crippen MR) is 81.2 cm³/mol. The third-order valence-corrected chi connectivity index (χ3v) is 5.31. The minimum absolute atomic E-state index is 0.0759. The van der Waals surface area contributed by atoms with Crippen LogP contribution in [0.4, 0.5) is 5.00 Å². The number of fused-ring (bicyclic) bond motifs is 3. The first-order valence-corrected chi connectivity index (χ1v) is 7.91. The van der Waals surface area contributed by atoms with E-state index in [-0.39, 0.29) is 12.1 Å². The van der Waals surface area contributed by atoms with Crippen molar-refractivity contribution in [3.63, 3.8) is 0 Å². The van der Waals surface area contributed by atoms with Gasteiger partial charge in [-0.1, -0.05) is 30.3 Å². The number of rotatable bonds is 1. The van der Waals surface area contributed by atoms with E-state index in [4.69, 9.17) is 0 Å². The van der Waals surface area contributed by atoms with Gasteiger partial charge in [-0.2, -0.15) is 0 Å². The number of hydrogen-bond acceptors (Lipinski definition) is 3. The second kappa shape index (κ2) is 4.63. The maximum Gasteiger partial charge on any atom is 0.256 e. The molecule has 0 saturated carbocycles. The molecule has 0 spiro atoms. The summed E-state index contributed by atoms with van der Waals surface area (Å²) in [6.07, 6.45) is 4.50. The molecule has 1 aromatic heterocycles. The van der Waals surface area contributed by atoms with Gasteiger partial charge < -0.3 is 10.6 Å². The zero-order valence-electron chi connectivity index (χ0n) is 11.1. The molecule has 0 unspecified atom stereocenters. The van der Waals surface area contributed by atoms with Crippen LogP contribution in [0.5, 0.6) is 0 Å². The highest BCUT2D eigenvalue weighted by Crippen LogP contribution is 2.41. The molecule has 2 N–H and O–H groups in total. The first-order chi connectivity index (χ1) is 9.83. The van der Waals surface area contributed by atoms with Crippen LogP contribution in [0.25, 0.3) is 0 Å². The van der Waals surface area contributed by atoms with Gasteiger partial charge in [0.1, 0.15) is 11.2 Å². The molecule has 4 heteroatoms. The Morgan fingerprint density at radius 1 is 1.05 bits per heavy atom. The van der Waals surface area contributed by atoms with Gasteiger partial charge in [0.15, 0.2) is 0 Å². The number of carbonyl (C=O) groups is 1. The minimum atomic E-state index is -0.115. The van der Waals surface area contributed by atoms with E-state index in [0.29, 0.717) is 0 Å². The highest BCUT2D eigenvalue weighted by atomic mass is 32.1. The van der Waals surface area contributed by atoms with E-state index in [1.54, 1.807) is 11.3 Å². The lowest BCUT2D eigenvalue weighted by Gasteiger charge is -2.26. The Labute approximate surface area is 122 Å². The molecule has 2 aliphatic rings. The van der Waals surface area contributed by atoms with Gasteiger partial charge in [0, 0.05) is 4.88 Å². The van der Waals surface area contributed by atoms with Crippen molar-refractivity contribution < 1.29 is 4.79 Å². The molecule has 1 atom stereocenters. The van der Waals surface area contributed by atoms with Crippen molar-refractivity contribution in [2.75, 3.05) is 5.32 Å². The Bertz CT molecular complexity index is 663. The van der Waals surface area contributed by atoms with Crippen molar-refractivity contribution in [2.24, 2.45) is 0 Å². The summed E-state index contributed by atoms with van der Waals surface area (Å²) in [5.41, 5.74) is 3.28. The Balaban J connectivity index is 1.73. The Morgan fingerprint density at radius 3 is 2.70 bits per heavy atom. The highest BCUT2D eigenvalue weighted by Gasteiger charge is 2.31. The number of anilines is 1. The number of benzene rings is 1. The van der Waals surface area contributed by atoms with E-state index in [1.165, 1.54) is 23.3 Å². The van der Waals surface area contributed by atoms with Crippen LogP contribution in [0, 0.1) is 0 Å². The zero-order valence-corrected chi connectivity index (χ0v) is 11.9. The van der Waals surface area contributed by atoms with Crippen LogP contribution in [0.15, 0.2) is 30.3 Å². The molecule has 2 heterocycles. The zero-order chi connectivity index (χ0) is 13.5. The number of aryl methyl sites for hydroxylation is 1. The number of hydrogen-bond donors (Lipinski definition) is 2. The molecule has 0 radical (unpaired) electrons. The summed E-state index contributed by atoms with van der Waals surface area (Å²) in [6.45, 7) is 0. The van der Waals surface area contributed by atoms with Gasteiger partial charge in [-0.05, 0) is 36.8 Å². The molecule has 102 valence electrons. The standard InChI is InChI=1S/C16H16N2OS/c19-15-13-11-8-4-5-9-12(11)20-16(13)18-14(17-15)10-6-2-1-3-7-10/h1-3,6-7,14,18H,4-5,8-9H2,(H,17,19)/t14-/m0/s1. The Hall–Kier alpha value is -1.81. The summed E-state index contributed by atoms with van der Waals surface area (Å²) in [4.78, 5) is 13.9. The van der Waals surface area contributed by atoms with E-state index >= 15 is 0 Å². The Morgan fingerprint density at radius 2 is 1.85 bits per heavy atom. The van der Waals surface area contributed by atoms with Crippen molar-refractivity contribution in [3.05, 3.63) is 51.9 Å². The smallest absolute Gasteiger partial charge is 0.256 e. The van der Waals surface area contributed by atoms with Crippen molar-refractivity contribution in [3.8, 4) is 0 Å². The fraction of sp³-hybridized carbons (Fsp3) is 0.312. The summed E-state index contributed by atoms with van der Waals surface area (Å²) < 4.78 is 0. The lowest BCUT2D eigenvalue weighted by molar-refractivity contribution is 0.0935. The number of nitrogens with one attached hydrogen (secondary N) is 2. The maximum absolute atomic E-state index is 12.5. The molecule has 4 rings (SSSR count). The van der Waals surface area contributed by atoms with E-state index in [1.807, 2.05) is 30.3 Å². The molecule has 0 fully saturated rings. The van der Waals surface area contributed by atoms with Crippen LogP contribution in [-0.2, 0) is 12.8 Å². The predicted octanol–water partition coefficient (Wildman–Crippen LogP) is 3.48. The van der Waals surface area contributed by atoms with Gasteiger partial charge in [-0.3, -0.25) is 4.79 Å². The van der Waals surface area contributed by atoms with Gasteiger partial charge in [-0.15, -0.1) is 11.3 Å². The highest BCUT2D eigenvalue weighted by molar-refractivity contribution is 7.16. The van der Waals surface area contributed by atoms with Crippen LogP contribution in [0.1, 0.15) is 45.4 Å². The monoisotopic (exact) mass is 284 g/mol. The van der Waals surface area contributed by atoms with Crippen molar-refractivity contribution in [2.45, 2.75) is 31.8 Å². The molecule has 1 aliphatic heterocycles. The molecule has 0 bridgehead atoms. The number of amides is 1. The van der Waals surface area contributed by atoms with E-state index < -0.39 is 0 Å². The van der Waals surface area contributed by atoms with Gasteiger partial charge in [0.2, 0.25) is 0 Å². The molecule has 1 aromatic carbocycles. The summed E-state index contributed by atoms with van der Waals surface area (Å²) in [7, 11) is 0. The van der Waals surface area contributed by atoms with Crippen LogP contribution >= 0.6 is 11.3 Å². The fourth-order valence-corrected chi connectivity index (χ4v) is 4.41. The third kappa shape index (κ3) is 1.83. The van der Waals surface area contributed by atoms with Gasteiger partial charge >= 0.3 is 0 Å². The molecule has 1 amide bonds. The van der Waals surface area contributed by atoms with E-state index in [9.17, 15) is 4.79 Å². The van der Waals surface area contributed by atoms with Gasteiger partial charge in [0.25, 0.3) is 5.91 Å². The SMILES string of the molecule is O=C1N[C@H](c2ccccc2)Nc2sc3c(c21)CCCC3. The largest absolute Gasteiger partial charge is 0.353 e. The van der Waals surface area contributed by atoms with E-state index in [0.717, 1.165) is 29.0 Å². The summed E-state index contributed by atoms with van der Waals surface area (Å²) in [5.74, 6) is 0.0759. The number of thiophene rings is 1. The number of carbonyl (C=O) groups excluding carboxylic acids is 1. The molecular weight excluding hydrogens is 268 g/mol. The summed E-state index contributed by atoms with van der Waals surface area (Å²) in [6, 6.07) is 10.1. The topological polar surface area (TPSA) is 41.1 Å². The van der Waals surface area contributed by atoms with E-state index in [2.05, 4.69) is 10.6 Å². The van der Waals surface area contributed by atoms with Gasteiger partial charge in [-0.25, -0.2) is 0 Å². The average molecular weight is 284 g/mol. The van der Waals surface area contributed by atoms with Crippen LogP contribution in [0.3, 0.4) is 0 Å². The molecule has 3 nitrogen and oxygen atoms in total. The van der Waals surface area contributed by atoms with Crippen LogP contribution in [0.2, 0.25) is 0 Å². The molecule has 0 saturated heterocycles. The minimum Gasteiger partial charge on any atom is -0.353 e. The fourth-order valence-electron chi connectivity index (χ4n) is 3.09. The maximum atomic E-state index is 12.5. The summed E-state index contributed by atoms with van der Waals surface area (Å²) >= 11 is 1.77. The quantitative estimate of drug-likeness (QED) is 0.841. The normalized spacial score (nSPS) is 20.6. The Kier molecular flexibility index (Phi) is 2.77. The van der Waals surface area contributed by atoms with Crippen molar-refractivity contribution in [1.82, 2.24) is 5.32 Å². The first-order valence-electron chi connectivity index (χ1n) is 7.10. The average Bonchev–Trinajstić information content (AvgIpc) is 2.87. The molecule has 1 aliphatic carbocycles. The second-order valence-corrected chi connectivity index (χ2v) is 6.48. The van der Waals surface area contributed by atoms with Crippen molar-refractivity contribution in [1.29, 1.82) is 0 Å². The molecule has 20 heavy (non-hydrogen) atoms.